The lowest BCUT2D eigenvalue weighted by molar-refractivity contribution is -0.139. The summed E-state index contributed by atoms with van der Waals surface area (Å²) >= 11 is 0. The average molecular weight is 353 g/mol. The van der Waals surface area contributed by atoms with Crippen molar-refractivity contribution in [2.45, 2.75) is 24.9 Å². The highest BCUT2D eigenvalue weighted by Crippen LogP contribution is 2.30. The molecule has 26 heavy (non-hydrogen) atoms. The van der Waals surface area contributed by atoms with Crippen molar-refractivity contribution in [2.75, 3.05) is 0 Å². The number of rotatable bonds is 7. The summed E-state index contributed by atoms with van der Waals surface area (Å²) in [5, 5.41) is 27.3. The van der Waals surface area contributed by atoms with E-state index in [9.17, 15) is 14.9 Å². The Hall–Kier alpha value is -3.21. The average Bonchev–Trinajstić information content (AvgIpc) is 2.62. The molecule has 0 heterocycles. The second-order valence-corrected chi connectivity index (χ2v) is 5.94. The molecule has 2 atom stereocenters. The summed E-state index contributed by atoms with van der Waals surface area (Å²) in [4.78, 5) is 22.2. The molecule has 0 spiro atoms. The van der Waals surface area contributed by atoms with Crippen LogP contribution in [0.15, 0.2) is 42.5 Å². The van der Waals surface area contributed by atoms with Crippen molar-refractivity contribution in [1.82, 2.24) is 0 Å². The maximum absolute atomic E-state index is 11.1. The second-order valence-electron chi connectivity index (χ2n) is 5.94. The highest BCUT2D eigenvalue weighted by molar-refractivity contribution is 5.78. The minimum atomic E-state index is -1.12. The Balaban J connectivity index is 2.54. The van der Waals surface area contributed by atoms with Gasteiger partial charge < -0.3 is 21.7 Å². The quantitative estimate of drug-likeness (QED) is 0.582. The van der Waals surface area contributed by atoms with E-state index in [0.717, 1.165) is 0 Å². The lowest BCUT2D eigenvalue weighted by atomic mass is 9.89. The third-order valence-corrected chi connectivity index (χ3v) is 4.06. The molecular weight excluding hydrogens is 334 g/mol. The maximum atomic E-state index is 11.1. The molecule has 0 radical (unpaired) electrons. The zero-order chi connectivity index (χ0) is 19.3. The fourth-order valence-electron chi connectivity index (χ4n) is 2.68. The molecule has 2 aromatic carbocycles. The molecular formula is C19H19N3O4. The first-order valence-corrected chi connectivity index (χ1v) is 7.91. The summed E-state index contributed by atoms with van der Waals surface area (Å²) in [5.41, 5.74) is 14.4. The van der Waals surface area contributed by atoms with Gasteiger partial charge in [0.15, 0.2) is 0 Å². The van der Waals surface area contributed by atoms with Crippen molar-refractivity contribution in [3.63, 3.8) is 0 Å². The van der Waals surface area contributed by atoms with Crippen LogP contribution < -0.4 is 11.5 Å². The topological polar surface area (TPSA) is 150 Å². The Kier molecular flexibility index (Phi) is 6.07. The molecule has 0 bridgehead atoms. The fraction of sp³-hybridized carbons (Fsp3) is 0.211. The minimum absolute atomic E-state index is 0.0791. The molecule has 2 rings (SSSR count). The van der Waals surface area contributed by atoms with E-state index in [0.29, 0.717) is 27.8 Å². The predicted molar refractivity (Wildman–Crippen MR) is 95.2 cm³/mol. The van der Waals surface area contributed by atoms with Crippen molar-refractivity contribution in [3.05, 3.63) is 59.2 Å². The Morgan fingerprint density at radius 2 is 1.46 bits per heavy atom. The van der Waals surface area contributed by atoms with Gasteiger partial charge in [0.05, 0.1) is 11.6 Å². The van der Waals surface area contributed by atoms with Crippen LogP contribution in [0.2, 0.25) is 0 Å². The first kappa shape index (κ1) is 19.1. The van der Waals surface area contributed by atoms with Crippen molar-refractivity contribution in [1.29, 1.82) is 5.26 Å². The van der Waals surface area contributed by atoms with Crippen LogP contribution in [0.1, 0.15) is 16.7 Å². The first-order chi connectivity index (χ1) is 12.3. The van der Waals surface area contributed by atoms with Gasteiger partial charge in [0.25, 0.3) is 0 Å². The number of nitrogens with zero attached hydrogens (tertiary/aromatic N) is 1. The number of carboxylic acid groups (broad SMARTS) is 2. The number of benzene rings is 2. The van der Waals surface area contributed by atoms with Crippen LogP contribution in [0.25, 0.3) is 11.1 Å². The number of aliphatic carboxylic acids is 2. The number of hydrogen-bond donors (Lipinski definition) is 4. The summed E-state index contributed by atoms with van der Waals surface area (Å²) in [6, 6.07) is 11.9. The first-order valence-electron chi connectivity index (χ1n) is 7.91. The fourth-order valence-corrected chi connectivity index (χ4v) is 2.68. The van der Waals surface area contributed by atoms with Gasteiger partial charge in [0, 0.05) is 0 Å². The Morgan fingerprint density at radius 3 is 2.00 bits per heavy atom. The van der Waals surface area contributed by atoms with Crippen LogP contribution in [0.3, 0.4) is 0 Å². The van der Waals surface area contributed by atoms with Gasteiger partial charge in [0.2, 0.25) is 0 Å². The minimum Gasteiger partial charge on any atom is -0.480 e. The van der Waals surface area contributed by atoms with Crippen molar-refractivity contribution >= 4 is 11.9 Å². The van der Waals surface area contributed by atoms with Crippen molar-refractivity contribution in [2.24, 2.45) is 11.5 Å². The van der Waals surface area contributed by atoms with Crippen molar-refractivity contribution < 1.29 is 19.8 Å². The van der Waals surface area contributed by atoms with E-state index in [1.165, 1.54) is 0 Å². The molecule has 0 saturated carbocycles. The van der Waals surface area contributed by atoms with Gasteiger partial charge in [-0.05, 0) is 47.2 Å². The molecule has 0 aliphatic heterocycles. The number of carbonyl (C=O) groups is 2. The molecule has 134 valence electrons. The summed E-state index contributed by atoms with van der Waals surface area (Å²) in [5.74, 6) is -2.24. The molecule has 2 unspecified atom stereocenters. The summed E-state index contributed by atoms with van der Waals surface area (Å²) in [6.07, 6.45) is 0.183. The molecule has 0 aliphatic carbocycles. The molecule has 2 aromatic rings. The predicted octanol–water partition coefficient (Wildman–Crippen LogP) is 1.13. The third kappa shape index (κ3) is 4.45. The van der Waals surface area contributed by atoms with E-state index >= 15 is 0 Å². The van der Waals surface area contributed by atoms with Crippen LogP contribution in [-0.4, -0.2) is 34.2 Å². The van der Waals surface area contributed by atoms with E-state index in [-0.39, 0.29) is 12.8 Å². The molecule has 0 aromatic heterocycles. The van der Waals surface area contributed by atoms with Gasteiger partial charge in [-0.2, -0.15) is 5.26 Å². The maximum Gasteiger partial charge on any atom is 0.320 e. The van der Waals surface area contributed by atoms with Crippen LogP contribution in [0, 0.1) is 11.3 Å². The Labute approximate surface area is 150 Å². The lowest BCUT2D eigenvalue weighted by Gasteiger charge is -2.17. The highest BCUT2D eigenvalue weighted by Gasteiger charge is 2.19. The van der Waals surface area contributed by atoms with Crippen LogP contribution >= 0.6 is 0 Å². The van der Waals surface area contributed by atoms with Gasteiger partial charge in [-0.3, -0.25) is 9.59 Å². The summed E-state index contributed by atoms with van der Waals surface area (Å²) < 4.78 is 0. The van der Waals surface area contributed by atoms with E-state index < -0.39 is 24.0 Å². The number of nitrogens with two attached hydrogens (primary N) is 2. The largest absolute Gasteiger partial charge is 0.480 e. The van der Waals surface area contributed by atoms with Gasteiger partial charge in [-0.1, -0.05) is 30.3 Å². The SMILES string of the molecule is N#Cc1ccc(CC(N)C(=O)O)c(-c2ccccc2CC(N)C(=O)O)c1. The second kappa shape index (κ2) is 8.25. The standard InChI is InChI=1S/C19H19N3O4/c20-10-11-5-6-13(9-17(22)19(25)26)15(7-11)14-4-2-1-3-12(14)8-16(21)18(23)24/h1-7,16-17H,8-9,21-22H2,(H,23,24)(H,25,26). The van der Waals surface area contributed by atoms with Gasteiger partial charge in [-0.15, -0.1) is 0 Å². The molecule has 0 aliphatic rings. The molecule has 0 saturated heterocycles. The van der Waals surface area contributed by atoms with Crippen LogP contribution in [-0.2, 0) is 22.4 Å². The molecule has 0 fully saturated rings. The smallest absolute Gasteiger partial charge is 0.320 e. The summed E-state index contributed by atoms with van der Waals surface area (Å²) in [7, 11) is 0. The normalized spacial score (nSPS) is 12.8. The van der Waals surface area contributed by atoms with E-state index in [2.05, 4.69) is 6.07 Å². The van der Waals surface area contributed by atoms with Crippen LogP contribution in [0.4, 0.5) is 0 Å². The zero-order valence-corrected chi connectivity index (χ0v) is 13.9. The number of carboxylic acids is 2. The van der Waals surface area contributed by atoms with Gasteiger partial charge in [0.1, 0.15) is 12.1 Å². The molecule has 0 amide bonds. The Bertz CT molecular complexity index is 873. The Morgan fingerprint density at radius 1 is 0.923 bits per heavy atom. The number of nitriles is 1. The number of hydrogen-bond acceptors (Lipinski definition) is 5. The van der Waals surface area contributed by atoms with Crippen molar-refractivity contribution in [3.8, 4) is 17.2 Å². The van der Waals surface area contributed by atoms with E-state index in [1.54, 1.807) is 42.5 Å². The zero-order valence-electron chi connectivity index (χ0n) is 13.9. The third-order valence-electron chi connectivity index (χ3n) is 4.06. The molecule has 6 N–H and O–H groups in total. The highest BCUT2D eigenvalue weighted by atomic mass is 16.4. The summed E-state index contributed by atoms with van der Waals surface area (Å²) in [6.45, 7) is 0. The van der Waals surface area contributed by atoms with Gasteiger partial charge in [-0.25, -0.2) is 0 Å². The molecule has 7 heteroatoms. The lowest BCUT2D eigenvalue weighted by Crippen LogP contribution is -2.33. The van der Waals surface area contributed by atoms with Crippen LogP contribution in [0.5, 0.6) is 0 Å². The monoisotopic (exact) mass is 353 g/mol. The van der Waals surface area contributed by atoms with E-state index in [4.69, 9.17) is 21.7 Å². The van der Waals surface area contributed by atoms with E-state index in [1.807, 2.05) is 0 Å². The molecule has 7 nitrogen and oxygen atoms in total. The van der Waals surface area contributed by atoms with Gasteiger partial charge >= 0.3 is 11.9 Å².